The molecule has 0 aliphatic rings. The molecule has 0 radical (unpaired) electrons. The van der Waals surface area contributed by atoms with Crippen LogP contribution in [-0.2, 0) is 50.2 Å². The van der Waals surface area contributed by atoms with Gasteiger partial charge >= 0.3 is 43.6 Å². The minimum Gasteiger partial charge on any atom is -0.549 e. The maximum Gasteiger partial charge on any atom is 3.00 e. The molecule has 0 rings (SSSR count). The number of carboxylic acid groups (broad SMARTS) is 5. The minimum atomic E-state index is -1.22. The fourth-order valence-electron chi connectivity index (χ4n) is 0. The number of hydrogen-bond donors (Lipinski definition) is 5. The topological polar surface area (TPSA) is 331 Å². The fraction of sp³-hybridized carbons (Fsp3) is 0.500. The fourth-order valence-corrected chi connectivity index (χ4v) is 0. The molecule has 0 bridgehead atoms. The van der Waals surface area contributed by atoms with Gasteiger partial charge < -0.3 is 78.2 Å². The molecule has 0 atom stereocenters. The van der Waals surface area contributed by atoms with Crippen molar-refractivity contribution in [1.82, 2.24) is 0 Å². The molecule has 0 aromatic carbocycles. The summed E-state index contributed by atoms with van der Waals surface area (Å²) in [7, 11) is 0. The van der Waals surface area contributed by atoms with Gasteiger partial charge in [-0.15, -0.1) is 0 Å². The predicted octanol–water partition coefficient (Wildman–Crippen LogP) is -11.9. The van der Waals surface area contributed by atoms with Gasteiger partial charge in [-0.2, -0.15) is 0 Å². The smallest absolute Gasteiger partial charge is 0.549 e. The molecule has 152 valence electrons. The number of carbonyl (C=O) groups excluding carboxylic acids is 5. The largest absolute Gasteiger partial charge is 3.00 e. The van der Waals surface area contributed by atoms with Crippen molar-refractivity contribution in [3.05, 3.63) is 0 Å². The second-order valence-electron chi connectivity index (χ2n) is 2.88. The third-order valence-electron chi connectivity index (χ3n) is 0.833. The third kappa shape index (κ3) is 170. The van der Waals surface area contributed by atoms with Crippen molar-refractivity contribution in [1.29, 1.82) is 0 Å². The number of carboxylic acids is 5. The quantitative estimate of drug-likeness (QED) is 0.224. The Balaban J connectivity index is -0.0000000364. The first-order chi connectivity index (χ1) is 11.4. The third-order valence-corrected chi connectivity index (χ3v) is 0.833. The molecule has 15 nitrogen and oxygen atoms in total. The Morgan fingerprint density at radius 3 is 0.481 bits per heavy atom. The van der Waals surface area contributed by atoms with Crippen LogP contribution in [0.3, 0.4) is 0 Å². The van der Waals surface area contributed by atoms with E-state index in [4.69, 9.17) is 49.5 Å². The van der Waals surface area contributed by atoms with Crippen LogP contribution in [0, 0.1) is 0 Å². The van der Waals surface area contributed by atoms with Crippen molar-refractivity contribution in [2.24, 2.45) is 28.7 Å². The zero-order chi connectivity index (χ0) is 21.4. The number of carbonyl (C=O) groups is 5. The van der Waals surface area contributed by atoms with Gasteiger partial charge in [0.05, 0.1) is 29.8 Å². The van der Waals surface area contributed by atoms with Crippen LogP contribution in [-0.4, -0.2) is 79.9 Å². The molecule has 0 aromatic heterocycles. The van der Waals surface area contributed by atoms with Gasteiger partial charge in [-0.3, -0.25) is 0 Å². The van der Waals surface area contributed by atoms with Crippen molar-refractivity contribution in [3.8, 4) is 0 Å². The summed E-state index contributed by atoms with van der Waals surface area (Å²) >= 11 is 0. The SMILES string of the molecule is NCC(=O)[O-].NCC(=O)[O-].NCC(=O)[O-].NCC(=O)[O-].NCC(=O)[O-].[Al+3].[Zr+2]. The van der Waals surface area contributed by atoms with E-state index in [-0.39, 0.29) is 76.3 Å². The van der Waals surface area contributed by atoms with Gasteiger partial charge in [-0.1, -0.05) is 0 Å². The molecule has 0 saturated heterocycles. The number of aliphatic carboxylic acids is 5. The predicted molar refractivity (Wildman–Crippen MR) is 76.1 cm³/mol. The summed E-state index contributed by atoms with van der Waals surface area (Å²) in [5.41, 5.74) is 22.5. The molecule has 27 heavy (non-hydrogen) atoms. The van der Waals surface area contributed by atoms with Crippen LogP contribution < -0.4 is 54.2 Å². The number of rotatable bonds is 5. The molecule has 0 aromatic rings. The Morgan fingerprint density at radius 2 is 0.481 bits per heavy atom. The van der Waals surface area contributed by atoms with Crippen molar-refractivity contribution in [2.75, 3.05) is 32.7 Å². The average molecular weight is 489 g/mol. The van der Waals surface area contributed by atoms with E-state index in [1.807, 2.05) is 0 Å². The van der Waals surface area contributed by atoms with Gasteiger partial charge in [0.15, 0.2) is 0 Å². The standard InChI is InChI=1S/5C2H5NO2.Al.Zr/c5*3-1-2(4)5;;/h5*1,3H2,(H,4,5);;/q;;;;;+3;+2/p-5. The Bertz CT molecular complexity index is 308. The zero-order valence-electron chi connectivity index (χ0n) is 14.1. The molecule has 0 spiro atoms. The van der Waals surface area contributed by atoms with Crippen LogP contribution >= 0.6 is 0 Å². The van der Waals surface area contributed by atoms with Crippen molar-refractivity contribution < 1.29 is 75.7 Å². The summed E-state index contributed by atoms with van der Waals surface area (Å²) < 4.78 is 0. The van der Waals surface area contributed by atoms with E-state index in [1.54, 1.807) is 0 Å². The maximum atomic E-state index is 9.13. The van der Waals surface area contributed by atoms with Crippen LogP contribution in [0.2, 0.25) is 0 Å². The molecular weight excluding hydrogens is 468 g/mol. The van der Waals surface area contributed by atoms with Gasteiger partial charge in [-0.25, -0.2) is 0 Å². The van der Waals surface area contributed by atoms with E-state index in [2.05, 4.69) is 28.7 Å². The van der Waals surface area contributed by atoms with Gasteiger partial charge in [-0.05, 0) is 0 Å². The second kappa shape index (κ2) is 39.6. The van der Waals surface area contributed by atoms with E-state index < -0.39 is 29.8 Å². The van der Waals surface area contributed by atoms with E-state index in [1.165, 1.54) is 0 Å². The minimum absolute atomic E-state index is 0. The molecule has 10 N–H and O–H groups in total. The molecule has 0 fully saturated rings. The summed E-state index contributed by atoms with van der Waals surface area (Å²) in [6, 6.07) is 0. The van der Waals surface area contributed by atoms with Crippen LogP contribution in [0.1, 0.15) is 0 Å². The molecule has 0 aliphatic carbocycles. The maximum absolute atomic E-state index is 9.13. The second-order valence-corrected chi connectivity index (χ2v) is 2.88. The summed E-state index contributed by atoms with van der Waals surface area (Å²) in [6.45, 7) is -1.94. The first-order valence-electron chi connectivity index (χ1n) is 5.85. The van der Waals surface area contributed by atoms with Crippen LogP contribution in [0.4, 0.5) is 0 Å². The monoisotopic (exact) mass is 487 g/mol. The van der Waals surface area contributed by atoms with E-state index in [9.17, 15) is 0 Å². The van der Waals surface area contributed by atoms with Gasteiger partial charge in [0, 0.05) is 32.7 Å². The van der Waals surface area contributed by atoms with Gasteiger partial charge in [0.2, 0.25) is 0 Å². The zero-order valence-corrected chi connectivity index (χ0v) is 17.7. The first kappa shape index (κ1) is 44.8. The van der Waals surface area contributed by atoms with Crippen molar-refractivity contribution in [3.63, 3.8) is 0 Å². The van der Waals surface area contributed by atoms with Crippen LogP contribution in [0.25, 0.3) is 0 Å². The van der Waals surface area contributed by atoms with Crippen molar-refractivity contribution in [2.45, 2.75) is 0 Å². The number of hydrogen-bond acceptors (Lipinski definition) is 15. The normalized spacial score (nSPS) is 6.85. The van der Waals surface area contributed by atoms with Gasteiger partial charge in [0.25, 0.3) is 0 Å². The van der Waals surface area contributed by atoms with Crippen LogP contribution in [0.15, 0.2) is 0 Å². The first-order valence-corrected chi connectivity index (χ1v) is 5.85. The molecule has 0 amide bonds. The summed E-state index contributed by atoms with van der Waals surface area (Å²) in [5, 5.41) is 45.7. The Morgan fingerprint density at radius 1 is 0.444 bits per heavy atom. The van der Waals surface area contributed by atoms with Gasteiger partial charge in [0.1, 0.15) is 0 Å². The summed E-state index contributed by atoms with van der Waals surface area (Å²) in [6.07, 6.45) is 0. The van der Waals surface area contributed by atoms with Crippen molar-refractivity contribution >= 4 is 47.2 Å². The molecule has 0 unspecified atom stereocenters. The van der Waals surface area contributed by atoms with E-state index in [0.717, 1.165) is 0 Å². The van der Waals surface area contributed by atoms with Crippen LogP contribution in [0.5, 0.6) is 0 Å². The van der Waals surface area contributed by atoms with E-state index in [0.29, 0.717) is 0 Å². The Hall–Kier alpha value is -1.43. The number of nitrogens with two attached hydrogens (primary N) is 5. The molecule has 0 saturated carbocycles. The molecule has 17 heteroatoms. The Labute approximate surface area is 184 Å². The molecule has 0 aliphatic heterocycles. The summed E-state index contributed by atoms with van der Waals surface area (Å²) in [5.74, 6) is -6.09. The molecule has 0 heterocycles. The summed E-state index contributed by atoms with van der Waals surface area (Å²) in [4.78, 5) is 45.7. The Kier molecular flexibility index (Phi) is 65.6. The average Bonchev–Trinajstić information content (AvgIpc) is 2.56. The molecular formula is C10H20AlN5O10Zr. The van der Waals surface area contributed by atoms with E-state index >= 15 is 0 Å².